The van der Waals surface area contributed by atoms with Gasteiger partial charge in [0.2, 0.25) is 5.91 Å². The molecule has 4 nitrogen and oxygen atoms in total. The molecule has 0 spiro atoms. The van der Waals surface area contributed by atoms with Gasteiger partial charge in [0.1, 0.15) is 0 Å². The summed E-state index contributed by atoms with van der Waals surface area (Å²) in [6, 6.07) is 0.0234. The maximum atomic E-state index is 11.8. The molecule has 0 aromatic carbocycles. The van der Waals surface area contributed by atoms with Crippen LogP contribution in [0.1, 0.15) is 46.5 Å². The van der Waals surface area contributed by atoms with Gasteiger partial charge in [-0.2, -0.15) is 0 Å². The molecule has 3 unspecified atom stereocenters. The van der Waals surface area contributed by atoms with E-state index < -0.39 is 0 Å². The van der Waals surface area contributed by atoms with Crippen LogP contribution in [0.4, 0.5) is 0 Å². The van der Waals surface area contributed by atoms with Gasteiger partial charge in [-0.05, 0) is 52.0 Å². The molecule has 0 heterocycles. The zero-order chi connectivity index (χ0) is 13.5. The van der Waals surface area contributed by atoms with Crippen LogP contribution in [0.15, 0.2) is 0 Å². The third-order valence-corrected chi connectivity index (χ3v) is 3.81. The van der Waals surface area contributed by atoms with Gasteiger partial charge in [-0.3, -0.25) is 4.79 Å². The van der Waals surface area contributed by atoms with Crippen molar-refractivity contribution in [3.8, 4) is 0 Å². The number of carbonyl (C=O) groups is 1. The van der Waals surface area contributed by atoms with E-state index in [4.69, 9.17) is 0 Å². The summed E-state index contributed by atoms with van der Waals surface area (Å²) in [5.74, 6) is 0.978. The van der Waals surface area contributed by atoms with Gasteiger partial charge in [-0.15, -0.1) is 0 Å². The molecule has 0 saturated heterocycles. The van der Waals surface area contributed by atoms with Crippen LogP contribution < -0.4 is 10.6 Å². The standard InChI is InChI=1S/C14H28N2O2/c1-10(2)16-14(18)11(3)15-8-12-6-4-5-7-13(12)9-17/h10-13,15,17H,4-9H2,1-3H3,(H,16,18). The third kappa shape index (κ3) is 4.94. The SMILES string of the molecule is CC(C)NC(=O)C(C)NCC1CCCCC1CO. The molecule has 0 radical (unpaired) electrons. The van der Waals surface area contributed by atoms with Crippen molar-refractivity contribution in [3.05, 3.63) is 0 Å². The molecule has 1 rings (SSSR count). The van der Waals surface area contributed by atoms with Gasteiger partial charge in [0, 0.05) is 12.6 Å². The average molecular weight is 256 g/mol. The Balaban J connectivity index is 2.32. The largest absolute Gasteiger partial charge is 0.396 e. The maximum absolute atomic E-state index is 11.8. The van der Waals surface area contributed by atoms with Crippen molar-refractivity contribution < 1.29 is 9.90 Å². The number of aliphatic hydroxyl groups excluding tert-OH is 1. The summed E-state index contributed by atoms with van der Waals surface area (Å²) >= 11 is 0. The molecule has 1 amide bonds. The summed E-state index contributed by atoms with van der Waals surface area (Å²) in [4.78, 5) is 11.8. The van der Waals surface area contributed by atoms with Crippen molar-refractivity contribution in [3.63, 3.8) is 0 Å². The fourth-order valence-electron chi connectivity index (χ4n) is 2.62. The topological polar surface area (TPSA) is 61.4 Å². The first kappa shape index (κ1) is 15.4. The Labute approximate surface area is 111 Å². The molecule has 0 aromatic rings. The Morgan fingerprint density at radius 1 is 1.22 bits per heavy atom. The van der Waals surface area contributed by atoms with Gasteiger partial charge in [0.05, 0.1) is 6.04 Å². The molecule has 0 aliphatic heterocycles. The summed E-state index contributed by atoms with van der Waals surface area (Å²) in [5, 5.41) is 15.6. The van der Waals surface area contributed by atoms with Crippen LogP contribution in [-0.2, 0) is 4.79 Å². The Bertz CT molecular complexity index is 256. The van der Waals surface area contributed by atoms with Gasteiger partial charge < -0.3 is 15.7 Å². The number of hydrogen-bond acceptors (Lipinski definition) is 3. The van der Waals surface area contributed by atoms with Crippen molar-refractivity contribution >= 4 is 5.91 Å². The quantitative estimate of drug-likeness (QED) is 0.671. The Hall–Kier alpha value is -0.610. The first-order chi connectivity index (χ1) is 8.54. The highest BCUT2D eigenvalue weighted by Gasteiger charge is 2.25. The first-order valence-corrected chi connectivity index (χ1v) is 7.19. The van der Waals surface area contributed by atoms with E-state index in [0.29, 0.717) is 11.8 Å². The average Bonchev–Trinajstić information content (AvgIpc) is 2.35. The van der Waals surface area contributed by atoms with Crippen molar-refractivity contribution in [1.82, 2.24) is 10.6 Å². The first-order valence-electron chi connectivity index (χ1n) is 7.19. The molecule has 1 aliphatic carbocycles. The smallest absolute Gasteiger partial charge is 0.237 e. The molecule has 3 N–H and O–H groups in total. The van der Waals surface area contributed by atoms with Crippen LogP contribution in [0.25, 0.3) is 0 Å². The summed E-state index contributed by atoms with van der Waals surface area (Å²) in [7, 11) is 0. The molecule has 1 fully saturated rings. The Morgan fingerprint density at radius 3 is 2.39 bits per heavy atom. The van der Waals surface area contributed by atoms with E-state index in [1.165, 1.54) is 12.8 Å². The van der Waals surface area contributed by atoms with Crippen LogP contribution >= 0.6 is 0 Å². The lowest BCUT2D eigenvalue weighted by molar-refractivity contribution is -0.123. The fraction of sp³-hybridized carbons (Fsp3) is 0.929. The Morgan fingerprint density at radius 2 is 1.83 bits per heavy atom. The second-order valence-electron chi connectivity index (χ2n) is 5.78. The van der Waals surface area contributed by atoms with Gasteiger partial charge in [-0.1, -0.05) is 12.8 Å². The molecule has 0 aromatic heterocycles. The summed E-state index contributed by atoms with van der Waals surface area (Å²) < 4.78 is 0. The van der Waals surface area contributed by atoms with E-state index in [0.717, 1.165) is 19.4 Å². The predicted molar refractivity (Wildman–Crippen MR) is 73.3 cm³/mol. The number of rotatable bonds is 6. The minimum absolute atomic E-state index is 0.0568. The fourth-order valence-corrected chi connectivity index (χ4v) is 2.62. The zero-order valence-corrected chi connectivity index (χ0v) is 11.9. The second-order valence-corrected chi connectivity index (χ2v) is 5.78. The maximum Gasteiger partial charge on any atom is 0.237 e. The second kappa shape index (κ2) is 7.74. The van der Waals surface area contributed by atoms with Crippen LogP contribution in [0.5, 0.6) is 0 Å². The van der Waals surface area contributed by atoms with Crippen LogP contribution in [-0.4, -0.2) is 36.2 Å². The molecule has 18 heavy (non-hydrogen) atoms. The lowest BCUT2D eigenvalue weighted by atomic mass is 9.79. The highest BCUT2D eigenvalue weighted by atomic mass is 16.3. The van der Waals surface area contributed by atoms with Crippen LogP contribution in [0.2, 0.25) is 0 Å². The molecule has 4 heteroatoms. The molecule has 1 saturated carbocycles. The van der Waals surface area contributed by atoms with Crippen LogP contribution in [0.3, 0.4) is 0 Å². The van der Waals surface area contributed by atoms with E-state index >= 15 is 0 Å². The monoisotopic (exact) mass is 256 g/mol. The molecule has 3 atom stereocenters. The number of amides is 1. The predicted octanol–water partition coefficient (Wildman–Crippen LogP) is 1.29. The van der Waals surface area contributed by atoms with Gasteiger partial charge in [-0.25, -0.2) is 0 Å². The van der Waals surface area contributed by atoms with Gasteiger partial charge in [0.25, 0.3) is 0 Å². The Kier molecular flexibility index (Phi) is 6.65. The van der Waals surface area contributed by atoms with Crippen molar-refractivity contribution in [2.24, 2.45) is 11.8 Å². The molecule has 0 bridgehead atoms. The minimum Gasteiger partial charge on any atom is -0.396 e. The normalized spacial score (nSPS) is 26.1. The zero-order valence-electron chi connectivity index (χ0n) is 11.9. The number of hydrogen-bond donors (Lipinski definition) is 3. The van der Waals surface area contributed by atoms with Gasteiger partial charge in [0.15, 0.2) is 0 Å². The highest BCUT2D eigenvalue weighted by Crippen LogP contribution is 2.29. The van der Waals surface area contributed by atoms with Crippen LogP contribution in [0, 0.1) is 11.8 Å². The number of nitrogens with one attached hydrogen (secondary N) is 2. The van der Waals surface area contributed by atoms with E-state index in [9.17, 15) is 9.90 Å². The van der Waals surface area contributed by atoms with Crippen molar-refractivity contribution in [2.75, 3.05) is 13.2 Å². The lowest BCUT2D eigenvalue weighted by Crippen LogP contribution is -2.47. The number of aliphatic hydroxyl groups is 1. The summed E-state index contributed by atoms with van der Waals surface area (Å²) in [6.45, 7) is 6.94. The van der Waals surface area contributed by atoms with Crippen molar-refractivity contribution in [1.29, 1.82) is 0 Å². The summed E-state index contributed by atoms with van der Waals surface area (Å²) in [5.41, 5.74) is 0. The third-order valence-electron chi connectivity index (χ3n) is 3.81. The molecular weight excluding hydrogens is 228 g/mol. The summed E-state index contributed by atoms with van der Waals surface area (Å²) in [6.07, 6.45) is 4.76. The molecular formula is C14H28N2O2. The van der Waals surface area contributed by atoms with E-state index in [1.807, 2.05) is 20.8 Å². The van der Waals surface area contributed by atoms with Gasteiger partial charge >= 0.3 is 0 Å². The van der Waals surface area contributed by atoms with E-state index in [2.05, 4.69) is 10.6 Å². The molecule has 106 valence electrons. The van der Waals surface area contributed by atoms with Crippen molar-refractivity contribution in [2.45, 2.75) is 58.5 Å². The van der Waals surface area contributed by atoms with E-state index in [1.54, 1.807) is 0 Å². The highest BCUT2D eigenvalue weighted by molar-refractivity contribution is 5.81. The minimum atomic E-state index is -0.159. The molecule has 1 aliphatic rings. The van der Waals surface area contributed by atoms with E-state index in [-0.39, 0.29) is 24.6 Å². The number of carbonyl (C=O) groups excluding carboxylic acids is 1. The lowest BCUT2D eigenvalue weighted by Gasteiger charge is -2.31.